The first-order valence-corrected chi connectivity index (χ1v) is 8.57. The first-order chi connectivity index (χ1) is 13.5. The van der Waals surface area contributed by atoms with Crippen molar-refractivity contribution < 1.29 is 35.9 Å². The average Bonchev–Trinajstić information content (AvgIpc) is 2.67. The Labute approximate surface area is 161 Å². The topological polar surface area (TPSA) is 55.3 Å². The molecule has 0 saturated carbocycles. The number of carbonyl (C=O) groups excluding carboxylic acids is 1. The second-order valence-electron chi connectivity index (χ2n) is 6.43. The fraction of sp³-hybridized carbons (Fsp3) is 0.389. The Balaban J connectivity index is 1.67. The molecule has 1 atom stereocenters. The second kappa shape index (κ2) is 7.88. The molecular formula is C18H15F6N3O2. The number of alkyl halides is 6. The Bertz CT molecular complexity index is 867. The fourth-order valence-electron chi connectivity index (χ4n) is 2.91. The molecule has 0 radical (unpaired) electrons. The van der Waals surface area contributed by atoms with Crippen LogP contribution in [0.2, 0.25) is 0 Å². The van der Waals surface area contributed by atoms with Crippen molar-refractivity contribution in [3.63, 3.8) is 0 Å². The number of halogens is 6. The van der Waals surface area contributed by atoms with Crippen LogP contribution in [-0.2, 0) is 12.4 Å². The molecule has 0 bridgehead atoms. The van der Waals surface area contributed by atoms with Crippen LogP contribution in [0.5, 0.6) is 6.01 Å². The summed E-state index contributed by atoms with van der Waals surface area (Å²) < 4.78 is 81.5. The molecule has 1 amide bonds. The van der Waals surface area contributed by atoms with Crippen LogP contribution in [0.15, 0.2) is 36.5 Å². The molecule has 5 nitrogen and oxygen atoms in total. The number of likely N-dealkylation sites (tertiary alicyclic amines) is 1. The van der Waals surface area contributed by atoms with Crippen molar-refractivity contribution in [2.75, 3.05) is 13.1 Å². The van der Waals surface area contributed by atoms with E-state index < -0.39 is 41.6 Å². The maximum absolute atomic E-state index is 12.7. The Hall–Kier alpha value is -2.85. The Kier molecular flexibility index (Phi) is 5.67. The van der Waals surface area contributed by atoms with E-state index >= 15 is 0 Å². The van der Waals surface area contributed by atoms with E-state index in [0.717, 1.165) is 30.5 Å². The number of aromatic nitrogens is 2. The number of rotatable bonds is 3. The molecule has 1 aliphatic rings. The first kappa shape index (κ1) is 20.9. The Morgan fingerprint density at radius 2 is 1.72 bits per heavy atom. The van der Waals surface area contributed by atoms with Gasteiger partial charge in [-0.05, 0) is 43.2 Å². The molecule has 1 aromatic heterocycles. The van der Waals surface area contributed by atoms with Gasteiger partial charge in [0.25, 0.3) is 5.91 Å². The minimum atomic E-state index is -4.64. The Morgan fingerprint density at radius 3 is 2.34 bits per heavy atom. The molecule has 156 valence electrons. The molecule has 2 aromatic rings. The summed E-state index contributed by atoms with van der Waals surface area (Å²) in [7, 11) is 0. The standard InChI is InChI=1S/C18H15F6N3O2/c19-17(20,21)12-5-3-11(4-6-12)15(28)27-9-1-2-13(10-27)29-16-25-8-7-14(26-16)18(22,23)24/h3-8,13H,1-2,9-10H2. The predicted molar refractivity (Wildman–Crippen MR) is 88.0 cm³/mol. The van der Waals surface area contributed by atoms with Crippen LogP contribution in [0.3, 0.4) is 0 Å². The molecule has 29 heavy (non-hydrogen) atoms. The summed E-state index contributed by atoms with van der Waals surface area (Å²) in [5.41, 5.74) is -1.93. The third-order valence-electron chi connectivity index (χ3n) is 4.32. The van der Waals surface area contributed by atoms with Gasteiger partial charge in [-0.3, -0.25) is 4.79 Å². The van der Waals surface area contributed by atoms with Crippen molar-refractivity contribution in [1.82, 2.24) is 14.9 Å². The molecule has 11 heteroatoms. The van der Waals surface area contributed by atoms with Crippen LogP contribution < -0.4 is 4.74 Å². The van der Waals surface area contributed by atoms with E-state index in [-0.39, 0.29) is 12.1 Å². The van der Waals surface area contributed by atoms with E-state index in [2.05, 4.69) is 9.97 Å². The molecule has 1 unspecified atom stereocenters. The van der Waals surface area contributed by atoms with Crippen molar-refractivity contribution in [3.8, 4) is 6.01 Å². The lowest BCUT2D eigenvalue weighted by Gasteiger charge is -2.32. The van der Waals surface area contributed by atoms with Crippen molar-refractivity contribution in [2.24, 2.45) is 0 Å². The highest BCUT2D eigenvalue weighted by Gasteiger charge is 2.34. The lowest BCUT2D eigenvalue weighted by molar-refractivity contribution is -0.141. The zero-order chi connectivity index (χ0) is 21.2. The van der Waals surface area contributed by atoms with Gasteiger partial charge < -0.3 is 9.64 Å². The second-order valence-corrected chi connectivity index (χ2v) is 6.43. The summed E-state index contributed by atoms with van der Waals surface area (Å²) in [5, 5.41) is 0. The van der Waals surface area contributed by atoms with Gasteiger partial charge in [0.1, 0.15) is 6.10 Å². The van der Waals surface area contributed by atoms with Crippen molar-refractivity contribution in [3.05, 3.63) is 53.3 Å². The third kappa shape index (κ3) is 5.15. The van der Waals surface area contributed by atoms with Crippen molar-refractivity contribution in [2.45, 2.75) is 31.3 Å². The monoisotopic (exact) mass is 419 g/mol. The first-order valence-electron chi connectivity index (χ1n) is 8.57. The highest BCUT2D eigenvalue weighted by molar-refractivity contribution is 5.94. The Morgan fingerprint density at radius 1 is 1.03 bits per heavy atom. The number of ether oxygens (including phenoxy) is 1. The number of benzene rings is 1. The van der Waals surface area contributed by atoms with Crippen LogP contribution in [-0.4, -0.2) is 40.0 Å². The SMILES string of the molecule is O=C(c1ccc(C(F)(F)F)cc1)N1CCCC(Oc2nccc(C(F)(F)F)n2)C1. The number of carbonyl (C=O) groups is 1. The predicted octanol–water partition coefficient (Wildman–Crippen LogP) is 4.20. The molecule has 2 heterocycles. The molecule has 1 fully saturated rings. The zero-order valence-electron chi connectivity index (χ0n) is 14.8. The van der Waals surface area contributed by atoms with Gasteiger partial charge >= 0.3 is 18.4 Å². The van der Waals surface area contributed by atoms with E-state index in [9.17, 15) is 31.1 Å². The van der Waals surface area contributed by atoms with Gasteiger partial charge in [-0.2, -0.15) is 31.3 Å². The minimum Gasteiger partial charge on any atom is -0.458 e. The molecule has 1 aliphatic heterocycles. The maximum atomic E-state index is 12.7. The van der Waals surface area contributed by atoms with Gasteiger partial charge in [-0.25, -0.2) is 4.98 Å². The fourth-order valence-corrected chi connectivity index (χ4v) is 2.91. The van der Waals surface area contributed by atoms with Crippen molar-refractivity contribution in [1.29, 1.82) is 0 Å². The highest BCUT2D eigenvalue weighted by Crippen LogP contribution is 2.30. The number of hydrogen-bond donors (Lipinski definition) is 0. The summed E-state index contributed by atoms with van der Waals surface area (Å²) in [5.74, 6) is -0.489. The molecular weight excluding hydrogens is 404 g/mol. The van der Waals surface area contributed by atoms with E-state index in [1.54, 1.807) is 0 Å². The van der Waals surface area contributed by atoms with Crippen molar-refractivity contribution >= 4 is 5.91 Å². The lowest BCUT2D eigenvalue weighted by Crippen LogP contribution is -2.44. The van der Waals surface area contributed by atoms with Gasteiger partial charge in [0.05, 0.1) is 12.1 Å². The van der Waals surface area contributed by atoms with Crippen LogP contribution in [0, 0.1) is 0 Å². The molecule has 0 N–H and O–H groups in total. The minimum absolute atomic E-state index is 0.0550. The maximum Gasteiger partial charge on any atom is 0.433 e. The molecule has 1 saturated heterocycles. The smallest absolute Gasteiger partial charge is 0.433 e. The van der Waals surface area contributed by atoms with Crippen LogP contribution in [0.1, 0.15) is 34.5 Å². The van der Waals surface area contributed by atoms with E-state index in [1.807, 2.05) is 0 Å². The van der Waals surface area contributed by atoms with Gasteiger partial charge in [0, 0.05) is 18.3 Å². The number of nitrogens with zero attached hydrogens (tertiary/aromatic N) is 3. The zero-order valence-corrected chi connectivity index (χ0v) is 14.8. The molecule has 1 aromatic carbocycles. The van der Waals surface area contributed by atoms with E-state index in [0.29, 0.717) is 25.5 Å². The van der Waals surface area contributed by atoms with Gasteiger partial charge in [0.15, 0.2) is 5.69 Å². The van der Waals surface area contributed by atoms with Gasteiger partial charge in [0.2, 0.25) is 0 Å². The van der Waals surface area contributed by atoms with Crippen LogP contribution in [0.4, 0.5) is 26.3 Å². The van der Waals surface area contributed by atoms with Crippen LogP contribution in [0.25, 0.3) is 0 Å². The van der Waals surface area contributed by atoms with Gasteiger partial charge in [-0.1, -0.05) is 0 Å². The van der Waals surface area contributed by atoms with E-state index in [1.165, 1.54) is 4.90 Å². The molecule has 0 spiro atoms. The van der Waals surface area contributed by atoms with E-state index in [4.69, 9.17) is 4.74 Å². The summed E-state index contributed by atoms with van der Waals surface area (Å²) in [4.78, 5) is 20.9. The average molecular weight is 419 g/mol. The molecule has 0 aliphatic carbocycles. The number of piperidine rings is 1. The normalized spacial score (nSPS) is 17.9. The summed E-state index contributed by atoms with van der Waals surface area (Å²) in [6.07, 6.45) is -7.87. The third-order valence-corrected chi connectivity index (χ3v) is 4.32. The van der Waals surface area contributed by atoms with Crippen LogP contribution >= 0.6 is 0 Å². The number of hydrogen-bond acceptors (Lipinski definition) is 4. The summed E-state index contributed by atoms with van der Waals surface area (Å²) >= 11 is 0. The highest BCUT2D eigenvalue weighted by atomic mass is 19.4. The van der Waals surface area contributed by atoms with Gasteiger partial charge in [-0.15, -0.1) is 0 Å². The summed E-state index contributed by atoms with van der Waals surface area (Å²) in [6, 6.07) is 4.09. The number of amides is 1. The quantitative estimate of drug-likeness (QED) is 0.700. The molecule has 3 rings (SSSR count). The summed E-state index contributed by atoms with van der Waals surface area (Å²) in [6.45, 7) is 0.405. The largest absolute Gasteiger partial charge is 0.458 e. The lowest BCUT2D eigenvalue weighted by atomic mass is 10.1.